The van der Waals surface area contributed by atoms with Gasteiger partial charge in [0, 0.05) is 26.6 Å². The Labute approximate surface area is 124 Å². The molecule has 4 N–H and O–H groups in total. The van der Waals surface area contributed by atoms with Crippen molar-refractivity contribution in [1.29, 1.82) is 0 Å². The average Bonchev–Trinajstić information content (AvgIpc) is 2.32. The summed E-state index contributed by atoms with van der Waals surface area (Å²) in [5, 5.41) is 15.1. The zero-order valence-corrected chi connectivity index (χ0v) is 13.5. The highest BCUT2D eigenvalue weighted by molar-refractivity contribution is 9.11. The first-order chi connectivity index (χ1) is 8.36. The van der Waals surface area contributed by atoms with E-state index in [2.05, 4.69) is 42.3 Å². The lowest BCUT2D eigenvalue weighted by atomic mass is 9.88. The topological polar surface area (TPSA) is 70.6 Å². The van der Waals surface area contributed by atoms with Gasteiger partial charge in [0.05, 0.1) is 0 Å². The van der Waals surface area contributed by atoms with E-state index < -0.39 is 0 Å². The van der Waals surface area contributed by atoms with E-state index in [0.29, 0.717) is 0 Å². The summed E-state index contributed by atoms with van der Waals surface area (Å²) in [7, 11) is 0. The Morgan fingerprint density at radius 2 is 2.11 bits per heavy atom. The summed E-state index contributed by atoms with van der Waals surface area (Å²) in [6, 6.07) is 5.94. The zero-order chi connectivity index (χ0) is 13.8. The van der Waals surface area contributed by atoms with Gasteiger partial charge in [-0.1, -0.05) is 34.9 Å². The molecular weight excluding hydrogens is 362 g/mol. The van der Waals surface area contributed by atoms with Gasteiger partial charge in [-0.05, 0) is 40.5 Å². The van der Waals surface area contributed by atoms with E-state index in [0.717, 1.165) is 27.6 Å². The van der Waals surface area contributed by atoms with Gasteiger partial charge < -0.3 is 16.3 Å². The monoisotopic (exact) mass is 377 g/mol. The minimum Gasteiger partial charge on any atom is -0.409 e. The van der Waals surface area contributed by atoms with E-state index >= 15 is 0 Å². The molecule has 0 bridgehead atoms. The molecule has 1 aromatic carbocycles. The Kier molecular flexibility index (Phi) is 5.47. The predicted octanol–water partition coefficient (Wildman–Crippen LogP) is 3.79. The fourth-order valence-electron chi connectivity index (χ4n) is 1.41. The van der Waals surface area contributed by atoms with Crippen molar-refractivity contribution >= 4 is 43.4 Å². The first kappa shape index (κ1) is 15.3. The Morgan fingerprint density at radius 1 is 1.44 bits per heavy atom. The highest BCUT2D eigenvalue weighted by Crippen LogP contribution is 2.27. The molecule has 0 fully saturated rings. The molecule has 6 heteroatoms. The van der Waals surface area contributed by atoms with Crippen LogP contribution in [-0.4, -0.2) is 17.6 Å². The quantitative estimate of drug-likeness (QED) is 0.316. The van der Waals surface area contributed by atoms with E-state index in [4.69, 9.17) is 10.9 Å². The number of nitrogens with zero attached hydrogens (tertiary/aromatic N) is 1. The molecule has 100 valence electrons. The third-order valence-electron chi connectivity index (χ3n) is 2.79. The molecule has 0 saturated carbocycles. The lowest BCUT2D eigenvalue weighted by Crippen LogP contribution is -2.33. The molecule has 0 amide bonds. The first-order valence-corrected chi connectivity index (χ1v) is 7.12. The van der Waals surface area contributed by atoms with Crippen LogP contribution in [0.4, 0.5) is 5.69 Å². The molecule has 0 spiro atoms. The zero-order valence-electron chi connectivity index (χ0n) is 10.4. The number of benzene rings is 1. The van der Waals surface area contributed by atoms with Gasteiger partial charge in [0.1, 0.15) is 5.84 Å². The highest BCUT2D eigenvalue weighted by Gasteiger charge is 2.22. The molecule has 0 heterocycles. The second-order valence-electron chi connectivity index (χ2n) is 4.67. The largest absolute Gasteiger partial charge is 0.409 e. The summed E-state index contributed by atoms with van der Waals surface area (Å²) < 4.78 is 2.02. The summed E-state index contributed by atoms with van der Waals surface area (Å²) >= 11 is 6.91. The third-order valence-corrected chi connectivity index (χ3v) is 3.98. The van der Waals surface area contributed by atoms with Crippen molar-refractivity contribution in [1.82, 2.24) is 0 Å². The molecule has 1 aromatic rings. The fraction of sp³-hybridized carbons (Fsp3) is 0.417. The van der Waals surface area contributed by atoms with E-state index in [1.165, 1.54) is 0 Å². The van der Waals surface area contributed by atoms with Crippen LogP contribution in [0.2, 0.25) is 0 Å². The second-order valence-corrected chi connectivity index (χ2v) is 6.44. The van der Waals surface area contributed by atoms with Crippen molar-refractivity contribution in [2.24, 2.45) is 16.3 Å². The smallest absolute Gasteiger partial charge is 0.144 e. The van der Waals surface area contributed by atoms with Gasteiger partial charge in [0.15, 0.2) is 0 Å². The molecule has 4 nitrogen and oxygen atoms in total. The average molecular weight is 379 g/mol. The molecule has 0 aliphatic carbocycles. The Hall–Kier alpha value is -0.750. The van der Waals surface area contributed by atoms with Crippen LogP contribution in [-0.2, 0) is 0 Å². The lowest BCUT2D eigenvalue weighted by Gasteiger charge is -2.23. The minimum atomic E-state index is -0.333. The molecule has 0 aromatic heterocycles. The number of oxime groups is 1. The van der Waals surface area contributed by atoms with Gasteiger partial charge in [-0.15, -0.1) is 0 Å². The maximum Gasteiger partial charge on any atom is 0.144 e. The Balaban J connectivity index is 2.59. The number of rotatable bonds is 5. The number of nitrogens with two attached hydrogens (primary N) is 1. The van der Waals surface area contributed by atoms with Gasteiger partial charge in [-0.3, -0.25) is 0 Å². The van der Waals surface area contributed by atoms with Gasteiger partial charge in [0.25, 0.3) is 0 Å². The molecule has 0 saturated heterocycles. The van der Waals surface area contributed by atoms with Crippen LogP contribution in [0.3, 0.4) is 0 Å². The Bertz CT molecular complexity index is 447. The number of halogens is 2. The SMILES string of the molecule is CC(C)(CCNc1cc(Br)ccc1Br)C(N)=NO. The first-order valence-electron chi connectivity index (χ1n) is 5.54. The summed E-state index contributed by atoms with van der Waals surface area (Å²) in [4.78, 5) is 0. The van der Waals surface area contributed by atoms with Gasteiger partial charge >= 0.3 is 0 Å². The molecule has 1 rings (SSSR count). The van der Waals surface area contributed by atoms with Crippen molar-refractivity contribution in [3.8, 4) is 0 Å². The summed E-state index contributed by atoms with van der Waals surface area (Å²) in [6.45, 7) is 4.62. The number of amidine groups is 1. The predicted molar refractivity (Wildman–Crippen MR) is 82.1 cm³/mol. The summed E-state index contributed by atoms with van der Waals surface area (Å²) in [5.74, 6) is 0.248. The van der Waals surface area contributed by atoms with Crippen molar-refractivity contribution in [2.75, 3.05) is 11.9 Å². The summed E-state index contributed by atoms with van der Waals surface area (Å²) in [5.41, 5.74) is 6.32. The number of nitrogens with one attached hydrogen (secondary N) is 1. The van der Waals surface area contributed by atoms with Crippen molar-refractivity contribution < 1.29 is 5.21 Å². The molecule has 0 radical (unpaired) electrons. The van der Waals surface area contributed by atoms with Crippen LogP contribution in [0.25, 0.3) is 0 Å². The van der Waals surface area contributed by atoms with Crippen molar-refractivity contribution in [3.05, 3.63) is 27.1 Å². The fourth-order valence-corrected chi connectivity index (χ4v) is 2.15. The van der Waals surface area contributed by atoms with Crippen LogP contribution in [0, 0.1) is 5.41 Å². The number of anilines is 1. The van der Waals surface area contributed by atoms with Crippen LogP contribution in [0.15, 0.2) is 32.3 Å². The summed E-state index contributed by atoms with van der Waals surface area (Å²) in [6.07, 6.45) is 0.766. The van der Waals surface area contributed by atoms with Gasteiger partial charge in [0.2, 0.25) is 0 Å². The third kappa shape index (κ3) is 4.17. The lowest BCUT2D eigenvalue weighted by molar-refractivity contribution is 0.306. The van der Waals surface area contributed by atoms with Crippen molar-refractivity contribution in [3.63, 3.8) is 0 Å². The normalized spacial score (nSPS) is 12.6. The van der Waals surface area contributed by atoms with Gasteiger partial charge in [-0.2, -0.15) is 0 Å². The number of hydrogen-bond acceptors (Lipinski definition) is 3. The molecule has 0 unspecified atom stereocenters. The molecule has 18 heavy (non-hydrogen) atoms. The highest BCUT2D eigenvalue weighted by atomic mass is 79.9. The molecular formula is C12H17Br2N3O. The van der Waals surface area contributed by atoms with E-state index in [-0.39, 0.29) is 11.3 Å². The number of hydrogen-bond donors (Lipinski definition) is 3. The minimum absolute atomic E-state index is 0.248. The van der Waals surface area contributed by atoms with Gasteiger partial charge in [-0.25, -0.2) is 0 Å². The molecule has 0 aliphatic heterocycles. The maximum atomic E-state index is 8.70. The van der Waals surface area contributed by atoms with Crippen molar-refractivity contribution in [2.45, 2.75) is 20.3 Å². The maximum absolute atomic E-state index is 8.70. The second kappa shape index (κ2) is 6.43. The van der Waals surface area contributed by atoms with Crippen LogP contribution >= 0.6 is 31.9 Å². The standard InChI is InChI=1S/C12H17Br2N3O/c1-12(2,11(15)17-18)5-6-16-10-7-8(13)3-4-9(10)14/h3-4,7,16,18H,5-6H2,1-2H3,(H2,15,17). The van der Waals surface area contributed by atoms with E-state index in [1.807, 2.05) is 32.0 Å². The van der Waals surface area contributed by atoms with Crippen LogP contribution in [0.1, 0.15) is 20.3 Å². The van der Waals surface area contributed by atoms with Crippen LogP contribution in [0.5, 0.6) is 0 Å². The van der Waals surface area contributed by atoms with E-state index in [1.54, 1.807) is 0 Å². The van der Waals surface area contributed by atoms with Crippen LogP contribution < -0.4 is 11.1 Å². The Morgan fingerprint density at radius 3 is 2.72 bits per heavy atom. The molecule has 0 atom stereocenters. The van der Waals surface area contributed by atoms with E-state index in [9.17, 15) is 0 Å². The molecule has 0 aliphatic rings.